The minimum absolute atomic E-state index is 0.0468. The van der Waals surface area contributed by atoms with Crippen LogP contribution in [-0.4, -0.2) is 16.6 Å². The Morgan fingerprint density at radius 3 is 1.94 bits per heavy atom. The first-order valence-electron chi connectivity index (χ1n) is 12.1. The number of rotatable bonds is 16. The predicted octanol–water partition coefficient (Wildman–Crippen LogP) is 8.06. The van der Waals surface area contributed by atoms with Gasteiger partial charge in [0.25, 0.3) is 0 Å². The average Bonchev–Trinajstić information content (AvgIpc) is 2.79. The fraction of sp³-hybridized carbons (Fsp3) is 0.615. The molecule has 0 spiro atoms. The van der Waals surface area contributed by atoms with Crippen molar-refractivity contribution in [1.29, 1.82) is 0 Å². The molecule has 0 atom stereocenters. The second-order valence-corrected chi connectivity index (χ2v) is 8.29. The van der Waals surface area contributed by atoms with Crippen LogP contribution < -0.4 is 4.74 Å². The van der Waals surface area contributed by atoms with Crippen LogP contribution in [0, 0.1) is 11.6 Å². The second kappa shape index (κ2) is 14.9. The van der Waals surface area contributed by atoms with Crippen LogP contribution in [0.2, 0.25) is 0 Å². The van der Waals surface area contributed by atoms with Gasteiger partial charge in [-0.1, -0.05) is 78.1 Å². The minimum atomic E-state index is -0.969. The van der Waals surface area contributed by atoms with Gasteiger partial charge in [-0.25, -0.2) is 14.4 Å². The molecular weight excluding hydrogens is 394 g/mol. The molecule has 31 heavy (non-hydrogen) atoms. The maximum absolute atomic E-state index is 14.6. The highest BCUT2D eigenvalue weighted by Gasteiger charge is 2.17. The Labute approximate surface area is 186 Å². The van der Waals surface area contributed by atoms with Crippen molar-refractivity contribution >= 4 is 0 Å². The first-order valence-corrected chi connectivity index (χ1v) is 12.1. The fourth-order valence-electron chi connectivity index (χ4n) is 3.61. The van der Waals surface area contributed by atoms with Gasteiger partial charge in [0.1, 0.15) is 0 Å². The van der Waals surface area contributed by atoms with Crippen LogP contribution in [-0.2, 0) is 6.42 Å². The number of aromatic nitrogens is 2. The molecule has 5 heteroatoms. The standard InChI is InChI=1S/C26H38F2N2O/c1-3-5-7-9-11-13-15-21-19-29-26(30-20-21)22-16-17-23(25(28)24(22)27)31-18-14-12-10-8-6-4-2/h16-17,19-20H,3-15,18H2,1-2H3. The zero-order valence-electron chi connectivity index (χ0n) is 19.3. The van der Waals surface area contributed by atoms with Crippen LogP contribution in [0.15, 0.2) is 24.5 Å². The molecule has 2 rings (SSSR count). The Hall–Kier alpha value is -2.04. The average molecular weight is 433 g/mol. The maximum atomic E-state index is 14.6. The Morgan fingerprint density at radius 1 is 0.710 bits per heavy atom. The molecule has 0 bridgehead atoms. The predicted molar refractivity (Wildman–Crippen MR) is 123 cm³/mol. The van der Waals surface area contributed by atoms with Crippen molar-refractivity contribution in [3.05, 3.63) is 41.7 Å². The molecule has 172 valence electrons. The molecule has 3 nitrogen and oxygen atoms in total. The van der Waals surface area contributed by atoms with E-state index in [1.807, 2.05) is 0 Å². The zero-order chi connectivity index (χ0) is 22.3. The molecule has 1 aromatic carbocycles. The molecule has 0 aliphatic rings. The largest absolute Gasteiger partial charge is 0.490 e. The number of hydrogen-bond donors (Lipinski definition) is 0. The lowest BCUT2D eigenvalue weighted by Crippen LogP contribution is -2.03. The van der Waals surface area contributed by atoms with E-state index in [1.54, 1.807) is 12.4 Å². The quantitative estimate of drug-likeness (QED) is 0.252. The molecule has 0 aliphatic carbocycles. The van der Waals surface area contributed by atoms with Gasteiger partial charge in [-0.15, -0.1) is 0 Å². The fourth-order valence-corrected chi connectivity index (χ4v) is 3.61. The van der Waals surface area contributed by atoms with E-state index in [9.17, 15) is 8.78 Å². The molecule has 0 amide bonds. The van der Waals surface area contributed by atoms with Crippen molar-refractivity contribution in [3.8, 4) is 17.1 Å². The van der Waals surface area contributed by atoms with Crippen LogP contribution in [0.3, 0.4) is 0 Å². The van der Waals surface area contributed by atoms with E-state index in [0.29, 0.717) is 6.61 Å². The number of nitrogens with zero attached hydrogens (tertiary/aromatic N) is 2. The minimum Gasteiger partial charge on any atom is -0.490 e. The summed E-state index contributed by atoms with van der Waals surface area (Å²) in [6, 6.07) is 2.97. The Kier molecular flexibility index (Phi) is 12.1. The van der Waals surface area contributed by atoms with E-state index in [-0.39, 0.29) is 17.1 Å². The first-order chi connectivity index (χ1) is 15.2. The lowest BCUT2D eigenvalue weighted by atomic mass is 10.1. The van der Waals surface area contributed by atoms with Gasteiger partial charge in [0, 0.05) is 12.4 Å². The third kappa shape index (κ3) is 8.92. The summed E-state index contributed by atoms with van der Waals surface area (Å²) in [5.41, 5.74) is 1.09. The highest BCUT2D eigenvalue weighted by Crippen LogP contribution is 2.28. The summed E-state index contributed by atoms with van der Waals surface area (Å²) < 4.78 is 34.5. The van der Waals surface area contributed by atoms with Gasteiger partial charge in [0.15, 0.2) is 17.4 Å². The molecule has 0 saturated heterocycles. The molecule has 1 aromatic heterocycles. The monoisotopic (exact) mass is 432 g/mol. The lowest BCUT2D eigenvalue weighted by molar-refractivity contribution is 0.285. The van der Waals surface area contributed by atoms with Gasteiger partial charge in [0.05, 0.1) is 12.2 Å². The van der Waals surface area contributed by atoms with Crippen molar-refractivity contribution in [2.45, 2.75) is 97.3 Å². The molecule has 0 radical (unpaired) electrons. The van der Waals surface area contributed by atoms with Crippen molar-refractivity contribution in [2.75, 3.05) is 6.61 Å². The van der Waals surface area contributed by atoms with Crippen LogP contribution >= 0.6 is 0 Å². The van der Waals surface area contributed by atoms with E-state index in [1.165, 1.54) is 63.5 Å². The summed E-state index contributed by atoms with van der Waals surface area (Å²) in [4.78, 5) is 8.52. The second-order valence-electron chi connectivity index (χ2n) is 8.29. The van der Waals surface area contributed by atoms with E-state index < -0.39 is 11.6 Å². The highest BCUT2D eigenvalue weighted by molar-refractivity contribution is 5.57. The third-order valence-corrected chi connectivity index (χ3v) is 5.57. The molecule has 0 aliphatic heterocycles. The van der Waals surface area contributed by atoms with E-state index >= 15 is 0 Å². The van der Waals surface area contributed by atoms with Gasteiger partial charge in [-0.3, -0.25) is 0 Å². The molecule has 0 saturated carbocycles. The zero-order valence-corrected chi connectivity index (χ0v) is 19.3. The Morgan fingerprint density at radius 2 is 1.29 bits per heavy atom. The Balaban J connectivity index is 1.83. The van der Waals surface area contributed by atoms with Crippen molar-refractivity contribution in [3.63, 3.8) is 0 Å². The van der Waals surface area contributed by atoms with Gasteiger partial charge in [-0.2, -0.15) is 4.39 Å². The summed E-state index contributed by atoms with van der Waals surface area (Å²) in [5.74, 6) is -1.77. The van der Waals surface area contributed by atoms with Crippen LogP contribution in [0.5, 0.6) is 5.75 Å². The summed E-state index contributed by atoms with van der Waals surface area (Å²) >= 11 is 0. The lowest BCUT2D eigenvalue weighted by Gasteiger charge is -2.10. The number of unbranched alkanes of at least 4 members (excludes halogenated alkanes) is 10. The Bertz CT molecular complexity index is 750. The number of hydrogen-bond acceptors (Lipinski definition) is 3. The first kappa shape index (κ1) is 25.2. The normalized spacial score (nSPS) is 11.1. The molecule has 2 aromatic rings. The maximum Gasteiger partial charge on any atom is 0.201 e. The number of benzene rings is 1. The summed E-state index contributed by atoms with van der Waals surface area (Å²) in [5, 5.41) is 0. The highest BCUT2D eigenvalue weighted by atomic mass is 19.2. The van der Waals surface area contributed by atoms with Crippen molar-refractivity contribution < 1.29 is 13.5 Å². The van der Waals surface area contributed by atoms with Crippen LogP contribution in [0.4, 0.5) is 8.78 Å². The number of ether oxygens (including phenoxy) is 1. The number of halogens is 2. The van der Waals surface area contributed by atoms with Crippen LogP contribution in [0.25, 0.3) is 11.4 Å². The summed E-state index contributed by atoms with van der Waals surface area (Å²) in [6.45, 7) is 4.79. The molecule has 1 heterocycles. The third-order valence-electron chi connectivity index (χ3n) is 5.57. The van der Waals surface area contributed by atoms with Gasteiger partial charge in [0.2, 0.25) is 5.82 Å². The van der Waals surface area contributed by atoms with Gasteiger partial charge < -0.3 is 4.74 Å². The molecule has 0 N–H and O–H groups in total. The smallest absolute Gasteiger partial charge is 0.201 e. The van der Waals surface area contributed by atoms with Crippen molar-refractivity contribution in [1.82, 2.24) is 9.97 Å². The number of aryl methyl sites for hydroxylation is 1. The van der Waals surface area contributed by atoms with Gasteiger partial charge >= 0.3 is 0 Å². The SMILES string of the molecule is CCCCCCCCOc1ccc(-c2ncc(CCCCCCCC)cn2)c(F)c1F. The molecule has 0 fully saturated rings. The summed E-state index contributed by atoms with van der Waals surface area (Å²) in [7, 11) is 0. The topological polar surface area (TPSA) is 35.0 Å². The van der Waals surface area contributed by atoms with Crippen LogP contribution in [0.1, 0.15) is 96.5 Å². The van der Waals surface area contributed by atoms with Crippen molar-refractivity contribution in [2.24, 2.45) is 0 Å². The van der Waals surface area contributed by atoms with E-state index in [2.05, 4.69) is 23.8 Å². The molecular formula is C26H38F2N2O. The van der Waals surface area contributed by atoms with E-state index in [0.717, 1.165) is 37.7 Å². The van der Waals surface area contributed by atoms with E-state index in [4.69, 9.17) is 4.74 Å². The molecule has 0 unspecified atom stereocenters. The van der Waals surface area contributed by atoms with Gasteiger partial charge in [-0.05, 0) is 37.0 Å². The summed E-state index contributed by atoms with van der Waals surface area (Å²) in [6.07, 6.45) is 18.4.